The fourth-order valence-electron chi connectivity index (χ4n) is 4.58. The molecule has 0 saturated heterocycles. The van der Waals surface area contributed by atoms with Crippen molar-refractivity contribution in [3.8, 4) is 11.5 Å². The number of nitrogens with one attached hydrogen (secondary N) is 1. The van der Waals surface area contributed by atoms with E-state index >= 15 is 0 Å². The van der Waals surface area contributed by atoms with E-state index in [1.54, 1.807) is 31.2 Å². The first kappa shape index (κ1) is 30.8. The van der Waals surface area contributed by atoms with Crippen LogP contribution in [-0.2, 0) is 26.2 Å². The molecule has 0 spiro atoms. The summed E-state index contributed by atoms with van der Waals surface area (Å²) in [4.78, 5) is 28.4. The Bertz CT molecular complexity index is 1280. The lowest BCUT2D eigenvalue weighted by molar-refractivity contribution is -0.139. The van der Waals surface area contributed by atoms with Gasteiger partial charge in [0.1, 0.15) is 12.6 Å². The Morgan fingerprint density at radius 1 is 1.03 bits per heavy atom. The first-order valence-electron chi connectivity index (χ1n) is 12.7. The molecule has 9 nitrogen and oxygen atoms in total. The number of hydrogen-bond donors (Lipinski definition) is 1. The normalized spacial score (nSPS) is 14.8. The molecule has 0 bridgehead atoms. The van der Waals surface area contributed by atoms with Crippen molar-refractivity contribution in [3.05, 3.63) is 52.0 Å². The second-order valence-electron chi connectivity index (χ2n) is 9.59. The number of nitrogens with zero attached hydrogens (tertiary/aromatic N) is 2. The van der Waals surface area contributed by atoms with Gasteiger partial charge in [-0.05, 0) is 49.6 Å². The maximum absolute atomic E-state index is 13.8. The molecule has 12 heteroatoms. The molecule has 1 aliphatic carbocycles. The predicted molar refractivity (Wildman–Crippen MR) is 153 cm³/mol. The van der Waals surface area contributed by atoms with Gasteiger partial charge in [0.2, 0.25) is 21.8 Å². The summed E-state index contributed by atoms with van der Waals surface area (Å²) in [7, 11) is -1.00. The Labute approximate surface area is 240 Å². The van der Waals surface area contributed by atoms with E-state index in [1.165, 1.54) is 31.3 Å². The van der Waals surface area contributed by atoms with Crippen molar-refractivity contribution in [2.45, 2.75) is 57.7 Å². The van der Waals surface area contributed by atoms with Crippen LogP contribution >= 0.6 is 23.2 Å². The molecule has 1 N–H and O–H groups in total. The average molecular weight is 601 g/mol. The zero-order chi connectivity index (χ0) is 28.7. The summed E-state index contributed by atoms with van der Waals surface area (Å²) in [5, 5.41) is 3.82. The zero-order valence-corrected chi connectivity index (χ0v) is 24.9. The molecule has 2 aromatic carbocycles. The van der Waals surface area contributed by atoms with E-state index in [0.717, 1.165) is 42.7 Å². The summed E-state index contributed by atoms with van der Waals surface area (Å²) >= 11 is 12.4. The number of sulfonamides is 1. The molecule has 0 aliphatic heterocycles. The van der Waals surface area contributed by atoms with Crippen LogP contribution in [0.3, 0.4) is 0 Å². The number of carbonyl (C=O) groups is 2. The minimum atomic E-state index is -3.90. The number of halogens is 2. The Kier molecular flexibility index (Phi) is 10.7. The van der Waals surface area contributed by atoms with Gasteiger partial charge >= 0.3 is 0 Å². The summed E-state index contributed by atoms with van der Waals surface area (Å²) in [6.45, 7) is 1.07. The van der Waals surface area contributed by atoms with Crippen LogP contribution in [-0.4, -0.2) is 64.2 Å². The van der Waals surface area contributed by atoms with Gasteiger partial charge in [-0.15, -0.1) is 0 Å². The summed E-state index contributed by atoms with van der Waals surface area (Å²) in [6.07, 6.45) is 6.00. The van der Waals surface area contributed by atoms with E-state index in [0.29, 0.717) is 27.1 Å². The van der Waals surface area contributed by atoms with Gasteiger partial charge < -0.3 is 19.7 Å². The van der Waals surface area contributed by atoms with Gasteiger partial charge in [-0.1, -0.05) is 48.5 Å². The molecular weight excluding hydrogens is 565 g/mol. The Hall–Kier alpha value is -2.69. The van der Waals surface area contributed by atoms with Crippen molar-refractivity contribution in [2.24, 2.45) is 0 Å². The number of ether oxygens (including phenoxy) is 2. The van der Waals surface area contributed by atoms with Crippen LogP contribution in [0.1, 0.15) is 44.6 Å². The predicted octanol–water partition coefficient (Wildman–Crippen LogP) is 4.64. The Morgan fingerprint density at radius 3 is 2.28 bits per heavy atom. The molecule has 1 aliphatic rings. The number of benzene rings is 2. The van der Waals surface area contributed by atoms with Gasteiger partial charge in [0, 0.05) is 28.7 Å². The molecule has 0 aromatic heterocycles. The van der Waals surface area contributed by atoms with Gasteiger partial charge in [-0.3, -0.25) is 13.9 Å². The van der Waals surface area contributed by atoms with E-state index in [2.05, 4.69) is 5.32 Å². The number of hydrogen-bond acceptors (Lipinski definition) is 6. The molecule has 39 heavy (non-hydrogen) atoms. The van der Waals surface area contributed by atoms with Crippen molar-refractivity contribution in [1.29, 1.82) is 0 Å². The number of rotatable bonds is 11. The highest BCUT2D eigenvalue weighted by Gasteiger charge is 2.32. The van der Waals surface area contributed by atoms with E-state index < -0.39 is 28.5 Å². The first-order valence-corrected chi connectivity index (χ1v) is 15.3. The van der Waals surface area contributed by atoms with E-state index in [4.69, 9.17) is 32.7 Å². The van der Waals surface area contributed by atoms with Gasteiger partial charge in [0.25, 0.3) is 0 Å². The van der Waals surface area contributed by atoms with Crippen molar-refractivity contribution >= 4 is 50.7 Å². The second kappa shape index (κ2) is 13.6. The number of anilines is 1. The van der Waals surface area contributed by atoms with Gasteiger partial charge in [0.05, 0.1) is 26.2 Å². The second-order valence-corrected chi connectivity index (χ2v) is 12.3. The highest BCUT2D eigenvalue weighted by atomic mass is 35.5. The topological polar surface area (TPSA) is 105 Å². The third kappa shape index (κ3) is 8.16. The first-order chi connectivity index (χ1) is 18.4. The van der Waals surface area contributed by atoms with Crippen molar-refractivity contribution in [2.75, 3.05) is 31.3 Å². The van der Waals surface area contributed by atoms with E-state index in [1.807, 2.05) is 0 Å². The molecular formula is C27H35Cl2N3O6S. The lowest BCUT2D eigenvalue weighted by Gasteiger charge is -2.33. The zero-order valence-electron chi connectivity index (χ0n) is 22.6. The van der Waals surface area contributed by atoms with Gasteiger partial charge in [-0.2, -0.15) is 0 Å². The lowest BCUT2D eigenvalue weighted by atomic mass is 9.95. The lowest BCUT2D eigenvalue weighted by Crippen LogP contribution is -2.53. The van der Waals surface area contributed by atoms with Crippen LogP contribution in [0.4, 0.5) is 5.69 Å². The molecule has 0 heterocycles. The van der Waals surface area contributed by atoms with Crippen molar-refractivity contribution in [3.63, 3.8) is 0 Å². The summed E-state index contributed by atoms with van der Waals surface area (Å²) in [6, 6.07) is 8.59. The van der Waals surface area contributed by atoms with Crippen LogP contribution in [0.15, 0.2) is 36.4 Å². The standard InChI is InChI=1S/C27H35Cl2N3O6S/c1-18(27(34)30-21-8-6-5-7-9-21)31(16-19-10-11-20(28)14-23(19)29)26(33)17-32(39(4,35)36)22-12-13-24(37-2)25(15-22)38-3/h10-15,18,21H,5-9,16-17H2,1-4H3,(H,30,34). The molecule has 1 fully saturated rings. The molecule has 3 rings (SSSR count). The third-order valence-corrected chi connectivity index (χ3v) is 8.54. The minimum Gasteiger partial charge on any atom is -0.493 e. The van der Waals surface area contributed by atoms with Crippen LogP contribution in [0.25, 0.3) is 0 Å². The van der Waals surface area contributed by atoms with Crippen LogP contribution < -0.4 is 19.1 Å². The monoisotopic (exact) mass is 599 g/mol. The molecule has 1 saturated carbocycles. The quantitative estimate of drug-likeness (QED) is 0.403. The number of amides is 2. The van der Waals surface area contributed by atoms with Crippen LogP contribution in [0.2, 0.25) is 10.0 Å². The average Bonchev–Trinajstić information content (AvgIpc) is 2.90. The molecule has 214 valence electrons. The summed E-state index contributed by atoms with van der Waals surface area (Å²) < 4.78 is 37.2. The fourth-order valence-corrected chi connectivity index (χ4v) is 5.89. The maximum Gasteiger partial charge on any atom is 0.244 e. The number of methoxy groups -OCH3 is 2. The molecule has 0 radical (unpaired) electrons. The summed E-state index contributed by atoms with van der Waals surface area (Å²) in [5.41, 5.74) is 0.788. The number of carbonyl (C=O) groups excluding carboxylic acids is 2. The largest absolute Gasteiger partial charge is 0.493 e. The summed E-state index contributed by atoms with van der Waals surface area (Å²) in [5.74, 6) is -0.168. The van der Waals surface area contributed by atoms with Crippen LogP contribution in [0, 0.1) is 0 Å². The van der Waals surface area contributed by atoms with Gasteiger partial charge in [-0.25, -0.2) is 8.42 Å². The van der Waals surface area contributed by atoms with E-state index in [9.17, 15) is 18.0 Å². The molecule has 1 atom stereocenters. The van der Waals surface area contributed by atoms with Crippen molar-refractivity contribution < 1.29 is 27.5 Å². The molecule has 2 amide bonds. The SMILES string of the molecule is COc1ccc(N(CC(=O)N(Cc2ccc(Cl)cc2Cl)C(C)C(=O)NC2CCCCC2)S(C)(=O)=O)cc1OC. The molecule has 2 aromatic rings. The maximum atomic E-state index is 13.8. The Balaban J connectivity index is 1.93. The van der Waals surface area contributed by atoms with Crippen LogP contribution in [0.5, 0.6) is 11.5 Å². The smallest absolute Gasteiger partial charge is 0.244 e. The highest BCUT2D eigenvalue weighted by Crippen LogP contribution is 2.32. The highest BCUT2D eigenvalue weighted by molar-refractivity contribution is 7.92. The third-order valence-electron chi connectivity index (χ3n) is 6.81. The Morgan fingerprint density at radius 2 is 1.69 bits per heavy atom. The van der Waals surface area contributed by atoms with Gasteiger partial charge in [0.15, 0.2) is 11.5 Å². The fraction of sp³-hybridized carbons (Fsp3) is 0.481. The molecule has 1 unspecified atom stereocenters. The minimum absolute atomic E-state index is 0.0162. The van der Waals surface area contributed by atoms with E-state index in [-0.39, 0.29) is 24.2 Å². The van der Waals surface area contributed by atoms with Crippen molar-refractivity contribution in [1.82, 2.24) is 10.2 Å².